The Morgan fingerprint density at radius 1 is 0.279 bits per heavy atom. The number of benzene rings is 5. The molecule has 0 radical (unpaired) electrons. The van der Waals surface area contributed by atoms with Crippen molar-refractivity contribution in [1.29, 1.82) is 0 Å². The summed E-state index contributed by atoms with van der Waals surface area (Å²) in [6.07, 6.45) is 37.2. The Morgan fingerprint density at radius 3 is 0.907 bits per heavy atom. The van der Waals surface area contributed by atoms with Gasteiger partial charge in [0.25, 0.3) is 0 Å². The molecule has 4 unspecified atom stereocenters. The zero-order valence-electron chi connectivity index (χ0n) is 59.1. The van der Waals surface area contributed by atoms with Gasteiger partial charge in [-0.05, 0) is 197 Å². The van der Waals surface area contributed by atoms with Crippen molar-refractivity contribution in [3.63, 3.8) is 0 Å². The highest BCUT2D eigenvalue weighted by Crippen LogP contribution is 2.41. The summed E-state index contributed by atoms with van der Waals surface area (Å²) in [5.41, 5.74) is 16.9. The molecule has 0 fully saturated rings. The maximum atomic E-state index is 4.15. The van der Waals surface area contributed by atoms with Crippen LogP contribution in [0.15, 0.2) is 128 Å². The van der Waals surface area contributed by atoms with Crippen molar-refractivity contribution in [2.45, 2.75) is 348 Å². The summed E-state index contributed by atoms with van der Waals surface area (Å²) in [4.78, 5) is 0. The third-order valence-corrected chi connectivity index (χ3v) is 21.6. The average molecular weight is 1170 g/mol. The molecule has 0 aliphatic carbocycles. The van der Waals surface area contributed by atoms with Crippen molar-refractivity contribution in [2.75, 3.05) is 0 Å². The van der Waals surface area contributed by atoms with Gasteiger partial charge in [0.15, 0.2) is 0 Å². The van der Waals surface area contributed by atoms with Crippen LogP contribution in [-0.4, -0.2) is 0 Å². The second-order valence-corrected chi connectivity index (χ2v) is 31.0. The fraction of sp³-hybridized carbons (Fsp3) is 0.628. The number of rotatable bonds is 43. The van der Waals surface area contributed by atoms with Gasteiger partial charge >= 0.3 is 0 Å². The fourth-order valence-corrected chi connectivity index (χ4v) is 14.7. The molecule has 5 aromatic rings. The van der Waals surface area contributed by atoms with Crippen molar-refractivity contribution in [3.05, 3.63) is 184 Å². The van der Waals surface area contributed by atoms with Gasteiger partial charge in [0.05, 0.1) is 0 Å². The largest absolute Gasteiger partial charge is 0.0955 e. The third-order valence-electron chi connectivity index (χ3n) is 21.6. The molecular weight excluding hydrogens is 1030 g/mol. The Morgan fingerprint density at radius 2 is 0.558 bits per heavy atom. The van der Waals surface area contributed by atoms with E-state index in [1.165, 1.54) is 225 Å². The molecule has 0 aromatic heterocycles. The SMILES string of the molecule is C=C(C)c1ccc(C(C)(C)CCCCCC(CCCCC)c2ccc(C(C)(C)CCC(CCCCCCC(CCC)c3ccc(C(C)(C)CCC)cc3)c3ccc(C(C)(C)CCC(CC)c4ccc(C(C)(C)CCCCCC)cc4)cc3)cc2)cc1. The first-order valence-electron chi connectivity index (χ1n) is 36.2. The highest BCUT2D eigenvalue weighted by atomic mass is 14.3. The minimum absolute atomic E-state index is 0.104. The van der Waals surface area contributed by atoms with Crippen molar-refractivity contribution < 1.29 is 0 Å². The van der Waals surface area contributed by atoms with E-state index < -0.39 is 0 Å². The summed E-state index contributed by atoms with van der Waals surface area (Å²) in [6, 6.07) is 49.1. The zero-order chi connectivity index (χ0) is 62.8. The Balaban J connectivity index is 1.25. The van der Waals surface area contributed by atoms with Crippen LogP contribution < -0.4 is 0 Å². The summed E-state index contributed by atoms with van der Waals surface area (Å²) in [5, 5.41) is 0. The molecule has 0 saturated carbocycles. The molecule has 5 aromatic carbocycles. The number of hydrogen-bond donors (Lipinski definition) is 0. The molecule has 0 aliphatic heterocycles. The lowest BCUT2D eigenvalue weighted by molar-refractivity contribution is 0.410. The number of allylic oxidation sites excluding steroid dienone is 1. The second kappa shape index (κ2) is 35.9. The smallest absolute Gasteiger partial charge is 0.0103 e. The van der Waals surface area contributed by atoms with Gasteiger partial charge in [-0.2, -0.15) is 0 Å². The van der Waals surface area contributed by atoms with E-state index in [1.807, 2.05) is 0 Å². The Hall–Kier alpha value is -4.16. The van der Waals surface area contributed by atoms with E-state index in [1.54, 1.807) is 16.7 Å². The fourth-order valence-electron chi connectivity index (χ4n) is 14.7. The zero-order valence-corrected chi connectivity index (χ0v) is 59.1. The average Bonchev–Trinajstić information content (AvgIpc) is 3.10. The van der Waals surface area contributed by atoms with Crippen LogP contribution in [0.2, 0.25) is 0 Å². The molecule has 0 spiro atoms. The first-order chi connectivity index (χ1) is 41.0. The Bertz CT molecular complexity index is 2610. The lowest BCUT2D eigenvalue weighted by Crippen LogP contribution is -2.20. The predicted octanol–water partition coefficient (Wildman–Crippen LogP) is 27.7. The maximum absolute atomic E-state index is 4.15. The summed E-state index contributed by atoms with van der Waals surface area (Å²) in [6.45, 7) is 42.6. The lowest BCUT2D eigenvalue weighted by atomic mass is 9.74. The van der Waals surface area contributed by atoms with Gasteiger partial charge in [-0.15, -0.1) is 0 Å². The quantitative estimate of drug-likeness (QED) is 0.0341. The van der Waals surface area contributed by atoms with Gasteiger partial charge in [-0.25, -0.2) is 0 Å². The van der Waals surface area contributed by atoms with E-state index in [-0.39, 0.29) is 27.1 Å². The third kappa shape index (κ3) is 23.0. The molecule has 4 atom stereocenters. The molecule has 0 N–H and O–H groups in total. The first kappa shape index (κ1) is 72.6. The number of unbranched alkanes of at least 4 members (excludes halogenated alkanes) is 10. The van der Waals surface area contributed by atoms with Crippen LogP contribution in [0.3, 0.4) is 0 Å². The molecule has 0 nitrogen and oxygen atoms in total. The van der Waals surface area contributed by atoms with Gasteiger partial charge in [-0.1, -0.05) is 340 Å². The van der Waals surface area contributed by atoms with Crippen molar-refractivity contribution in [3.8, 4) is 0 Å². The van der Waals surface area contributed by atoms with Gasteiger partial charge in [0, 0.05) is 0 Å². The van der Waals surface area contributed by atoms with Crippen LogP contribution in [0.1, 0.15) is 376 Å². The molecule has 0 amide bonds. The molecule has 0 heterocycles. The highest BCUT2D eigenvalue weighted by Gasteiger charge is 2.28. The van der Waals surface area contributed by atoms with Crippen LogP contribution in [0.4, 0.5) is 0 Å². The number of hydrogen-bond acceptors (Lipinski definition) is 0. The Labute approximate surface area is 533 Å². The summed E-state index contributed by atoms with van der Waals surface area (Å²) in [5.74, 6) is 2.49. The molecular formula is C86H132. The van der Waals surface area contributed by atoms with Gasteiger partial charge in [0.1, 0.15) is 0 Å². The standard InChI is InChI=1S/C86H132/c1-18-23-25-33-63-83(10,11)79-52-42-73(43-53-79)68(22-5)60-65-85(14,15)80-58-48-76(49-59-80)72(39-31-27-26-30-37-70(35-20-3)74-44-54-77(55-45-74)82(8,9)62-21-4)61-66-86(16,17)81-56-46-75(47-57-81)71(36-29-24-19-2)38-32-28-34-64-84(12,13)78-50-40-69(41-51-78)67(6)7/h40-59,68,70-72H,6,18-39,60-66H2,1-5,7-17H3. The Kier molecular flexibility index (Phi) is 30.3. The van der Waals surface area contributed by atoms with Crippen molar-refractivity contribution >= 4 is 5.57 Å². The minimum atomic E-state index is 0.104. The highest BCUT2D eigenvalue weighted by molar-refractivity contribution is 5.61. The van der Waals surface area contributed by atoms with E-state index in [0.29, 0.717) is 23.7 Å². The molecule has 0 bridgehead atoms. The van der Waals surface area contributed by atoms with Crippen molar-refractivity contribution in [2.24, 2.45) is 0 Å². The van der Waals surface area contributed by atoms with Crippen LogP contribution in [0.5, 0.6) is 0 Å². The normalized spacial score (nSPS) is 14.1. The predicted molar refractivity (Wildman–Crippen MR) is 385 cm³/mol. The second-order valence-electron chi connectivity index (χ2n) is 31.0. The molecule has 5 rings (SSSR count). The lowest BCUT2D eigenvalue weighted by Gasteiger charge is -2.30. The van der Waals surface area contributed by atoms with E-state index in [9.17, 15) is 0 Å². The summed E-state index contributed by atoms with van der Waals surface area (Å²) >= 11 is 0. The monoisotopic (exact) mass is 1170 g/mol. The maximum Gasteiger partial charge on any atom is -0.0103 e. The molecule has 86 heavy (non-hydrogen) atoms. The van der Waals surface area contributed by atoms with E-state index in [4.69, 9.17) is 0 Å². The van der Waals surface area contributed by atoms with Crippen LogP contribution >= 0.6 is 0 Å². The van der Waals surface area contributed by atoms with Gasteiger partial charge < -0.3 is 0 Å². The van der Waals surface area contributed by atoms with Crippen molar-refractivity contribution in [1.82, 2.24) is 0 Å². The topological polar surface area (TPSA) is 0 Å². The molecule has 476 valence electrons. The summed E-state index contributed by atoms with van der Waals surface area (Å²) in [7, 11) is 0. The van der Waals surface area contributed by atoms with E-state index in [0.717, 1.165) is 5.57 Å². The van der Waals surface area contributed by atoms with E-state index >= 15 is 0 Å². The summed E-state index contributed by atoms with van der Waals surface area (Å²) < 4.78 is 0. The van der Waals surface area contributed by atoms with Crippen LogP contribution in [-0.2, 0) is 27.1 Å². The van der Waals surface area contributed by atoms with Crippen LogP contribution in [0.25, 0.3) is 5.57 Å². The first-order valence-corrected chi connectivity index (χ1v) is 36.2. The van der Waals surface area contributed by atoms with Gasteiger partial charge in [0.2, 0.25) is 0 Å². The van der Waals surface area contributed by atoms with E-state index in [2.05, 4.69) is 239 Å². The molecule has 0 heteroatoms. The molecule has 0 saturated heterocycles. The van der Waals surface area contributed by atoms with Gasteiger partial charge in [-0.3, -0.25) is 0 Å². The molecule has 0 aliphatic rings. The minimum Gasteiger partial charge on any atom is -0.0955 e. The van der Waals surface area contributed by atoms with Crippen LogP contribution in [0, 0.1) is 0 Å².